The summed E-state index contributed by atoms with van der Waals surface area (Å²) in [6, 6.07) is 7.47. The Balaban J connectivity index is 1.79. The Morgan fingerprint density at radius 3 is 2.83 bits per heavy atom. The third-order valence-corrected chi connectivity index (χ3v) is 3.41. The second kappa shape index (κ2) is 6.04. The molecule has 0 aliphatic heterocycles. The van der Waals surface area contributed by atoms with Crippen LogP contribution in [0.1, 0.15) is 27.4 Å². The molecular formula is C16H16N4O3. The van der Waals surface area contributed by atoms with Gasteiger partial charge in [0.2, 0.25) is 0 Å². The second-order valence-electron chi connectivity index (χ2n) is 5.12. The molecule has 2 heterocycles. The fourth-order valence-electron chi connectivity index (χ4n) is 2.22. The summed E-state index contributed by atoms with van der Waals surface area (Å²) in [6.45, 7) is 3.91. The number of esters is 1. The SMILES string of the molecule is COc1ccc(C)cc1COC(=O)c1nc2nccc(C)n2n1. The summed E-state index contributed by atoms with van der Waals surface area (Å²) in [5, 5.41) is 4.12. The summed E-state index contributed by atoms with van der Waals surface area (Å²) >= 11 is 0. The molecule has 0 saturated heterocycles. The first-order valence-electron chi connectivity index (χ1n) is 7.07. The molecule has 2 aromatic heterocycles. The number of fused-ring (bicyclic) bond motifs is 1. The van der Waals surface area contributed by atoms with Crippen molar-refractivity contribution in [3.8, 4) is 5.75 Å². The Kier molecular flexibility index (Phi) is 3.92. The van der Waals surface area contributed by atoms with Crippen molar-refractivity contribution in [2.75, 3.05) is 7.11 Å². The van der Waals surface area contributed by atoms with E-state index in [-0.39, 0.29) is 12.4 Å². The van der Waals surface area contributed by atoms with Gasteiger partial charge in [0.25, 0.3) is 11.6 Å². The Labute approximate surface area is 132 Å². The van der Waals surface area contributed by atoms with Gasteiger partial charge in [-0.3, -0.25) is 0 Å². The molecule has 0 bridgehead atoms. The van der Waals surface area contributed by atoms with Crippen LogP contribution in [0.2, 0.25) is 0 Å². The molecule has 3 aromatic rings. The number of rotatable bonds is 4. The van der Waals surface area contributed by atoms with Crippen LogP contribution in [0.15, 0.2) is 30.5 Å². The molecule has 1 aromatic carbocycles. The van der Waals surface area contributed by atoms with E-state index in [9.17, 15) is 4.79 Å². The summed E-state index contributed by atoms with van der Waals surface area (Å²) in [4.78, 5) is 20.3. The largest absolute Gasteiger partial charge is 0.496 e. The van der Waals surface area contributed by atoms with Crippen molar-refractivity contribution in [1.82, 2.24) is 19.6 Å². The van der Waals surface area contributed by atoms with Crippen LogP contribution in [-0.4, -0.2) is 32.7 Å². The predicted octanol–water partition coefficient (Wildman–Crippen LogP) is 2.11. The number of carbonyl (C=O) groups excluding carboxylic acids is 1. The molecule has 7 heteroatoms. The quantitative estimate of drug-likeness (QED) is 0.687. The summed E-state index contributed by atoms with van der Waals surface area (Å²) in [6.07, 6.45) is 1.62. The van der Waals surface area contributed by atoms with Crippen molar-refractivity contribution in [3.05, 3.63) is 53.1 Å². The number of carbonyl (C=O) groups is 1. The van der Waals surface area contributed by atoms with Gasteiger partial charge in [0.1, 0.15) is 12.4 Å². The van der Waals surface area contributed by atoms with Crippen LogP contribution in [0.25, 0.3) is 5.78 Å². The predicted molar refractivity (Wildman–Crippen MR) is 82.4 cm³/mol. The normalized spacial score (nSPS) is 10.7. The maximum Gasteiger partial charge on any atom is 0.378 e. The van der Waals surface area contributed by atoms with Gasteiger partial charge in [-0.05, 0) is 32.0 Å². The number of hydrogen-bond acceptors (Lipinski definition) is 6. The lowest BCUT2D eigenvalue weighted by Gasteiger charge is -2.09. The molecular weight excluding hydrogens is 296 g/mol. The van der Waals surface area contributed by atoms with Gasteiger partial charge in [-0.15, -0.1) is 5.10 Å². The molecule has 0 saturated carbocycles. The zero-order chi connectivity index (χ0) is 16.4. The number of ether oxygens (including phenoxy) is 2. The molecule has 0 radical (unpaired) electrons. The molecule has 0 aliphatic carbocycles. The molecule has 0 amide bonds. The van der Waals surface area contributed by atoms with E-state index in [1.54, 1.807) is 19.4 Å². The molecule has 0 unspecified atom stereocenters. The van der Waals surface area contributed by atoms with Crippen molar-refractivity contribution >= 4 is 11.7 Å². The second-order valence-corrected chi connectivity index (χ2v) is 5.12. The van der Waals surface area contributed by atoms with Gasteiger partial charge < -0.3 is 9.47 Å². The van der Waals surface area contributed by atoms with Crippen LogP contribution >= 0.6 is 0 Å². The highest BCUT2D eigenvalue weighted by Gasteiger charge is 2.16. The molecule has 7 nitrogen and oxygen atoms in total. The van der Waals surface area contributed by atoms with Crippen LogP contribution in [0.5, 0.6) is 5.75 Å². The maximum absolute atomic E-state index is 12.2. The van der Waals surface area contributed by atoms with Gasteiger partial charge in [-0.2, -0.15) is 4.98 Å². The van der Waals surface area contributed by atoms with E-state index in [2.05, 4.69) is 15.1 Å². The minimum absolute atomic E-state index is 0.0154. The number of hydrogen-bond donors (Lipinski definition) is 0. The number of aromatic nitrogens is 4. The van der Waals surface area contributed by atoms with Crippen molar-refractivity contribution in [3.63, 3.8) is 0 Å². The number of aryl methyl sites for hydroxylation is 2. The summed E-state index contributed by atoms with van der Waals surface area (Å²) in [7, 11) is 1.58. The van der Waals surface area contributed by atoms with Gasteiger partial charge in [0.05, 0.1) is 7.11 Å². The molecule has 3 rings (SSSR count). The standard InChI is InChI=1S/C16H16N4O3/c1-10-4-5-13(22-3)12(8-10)9-23-15(21)14-18-16-17-7-6-11(2)20(16)19-14/h4-8H,9H2,1-3H3. The van der Waals surface area contributed by atoms with Crippen LogP contribution in [-0.2, 0) is 11.3 Å². The first kappa shape index (κ1) is 15.0. The number of methoxy groups -OCH3 is 1. The van der Waals surface area contributed by atoms with E-state index in [4.69, 9.17) is 9.47 Å². The van der Waals surface area contributed by atoms with Crippen molar-refractivity contribution < 1.29 is 14.3 Å². The third-order valence-electron chi connectivity index (χ3n) is 3.41. The minimum atomic E-state index is -0.599. The highest BCUT2D eigenvalue weighted by molar-refractivity contribution is 5.85. The first-order valence-corrected chi connectivity index (χ1v) is 7.07. The van der Waals surface area contributed by atoms with Crippen molar-refractivity contribution in [2.45, 2.75) is 20.5 Å². The summed E-state index contributed by atoms with van der Waals surface area (Å²) in [5.74, 6) is 0.422. The molecule has 0 N–H and O–H groups in total. The smallest absolute Gasteiger partial charge is 0.378 e. The maximum atomic E-state index is 12.2. The zero-order valence-corrected chi connectivity index (χ0v) is 13.1. The van der Waals surface area contributed by atoms with Crippen LogP contribution in [0, 0.1) is 13.8 Å². The van der Waals surface area contributed by atoms with Crippen molar-refractivity contribution in [2.24, 2.45) is 0 Å². The Bertz CT molecular complexity index is 873. The van der Waals surface area contributed by atoms with E-state index >= 15 is 0 Å². The van der Waals surface area contributed by atoms with Gasteiger partial charge in [0, 0.05) is 17.5 Å². The Morgan fingerprint density at radius 1 is 1.26 bits per heavy atom. The lowest BCUT2D eigenvalue weighted by atomic mass is 10.1. The minimum Gasteiger partial charge on any atom is -0.496 e. The van der Waals surface area contributed by atoms with E-state index < -0.39 is 5.97 Å². The monoisotopic (exact) mass is 312 g/mol. The fraction of sp³-hybridized carbons (Fsp3) is 0.250. The molecule has 23 heavy (non-hydrogen) atoms. The van der Waals surface area contributed by atoms with E-state index in [0.717, 1.165) is 16.8 Å². The first-order chi connectivity index (χ1) is 11.1. The van der Waals surface area contributed by atoms with Crippen LogP contribution in [0.4, 0.5) is 0 Å². The lowest BCUT2D eigenvalue weighted by molar-refractivity contribution is 0.0456. The van der Waals surface area contributed by atoms with Gasteiger partial charge in [-0.25, -0.2) is 14.3 Å². The molecule has 0 fully saturated rings. The van der Waals surface area contributed by atoms with Crippen LogP contribution in [0.3, 0.4) is 0 Å². The molecule has 0 atom stereocenters. The average molecular weight is 312 g/mol. The Morgan fingerprint density at radius 2 is 2.09 bits per heavy atom. The number of nitrogens with zero attached hydrogens (tertiary/aromatic N) is 4. The fourth-order valence-corrected chi connectivity index (χ4v) is 2.22. The zero-order valence-electron chi connectivity index (χ0n) is 13.1. The Hall–Kier alpha value is -2.96. The van der Waals surface area contributed by atoms with Gasteiger partial charge in [-0.1, -0.05) is 11.6 Å². The highest BCUT2D eigenvalue weighted by Crippen LogP contribution is 2.20. The summed E-state index contributed by atoms with van der Waals surface area (Å²) < 4.78 is 12.1. The van der Waals surface area contributed by atoms with Crippen molar-refractivity contribution in [1.29, 1.82) is 0 Å². The topological polar surface area (TPSA) is 78.6 Å². The molecule has 118 valence electrons. The van der Waals surface area contributed by atoms with Gasteiger partial charge in [0.15, 0.2) is 0 Å². The average Bonchev–Trinajstić information content (AvgIpc) is 2.98. The van der Waals surface area contributed by atoms with Gasteiger partial charge >= 0.3 is 5.97 Å². The number of benzene rings is 1. The van der Waals surface area contributed by atoms with E-state index in [1.807, 2.05) is 32.0 Å². The molecule has 0 aliphatic rings. The van der Waals surface area contributed by atoms with E-state index in [0.29, 0.717) is 11.5 Å². The lowest BCUT2D eigenvalue weighted by Crippen LogP contribution is -2.08. The highest BCUT2D eigenvalue weighted by atomic mass is 16.5. The van der Waals surface area contributed by atoms with Crippen LogP contribution < -0.4 is 4.74 Å². The summed E-state index contributed by atoms with van der Waals surface area (Å²) in [5.41, 5.74) is 2.68. The third kappa shape index (κ3) is 2.98. The molecule has 0 spiro atoms. The van der Waals surface area contributed by atoms with E-state index in [1.165, 1.54) is 4.52 Å².